The van der Waals surface area contributed by atoms with Gasteiger partial charge in [-0.2, -0.15) is 0 Å². The molecular weight excluding hydrogens is 364 g/mol. The van der Waals surface area contributed by atoms with E-state index in [1.807, 2.05) is 0 Å². The van der Waals surface area contributed by atoms with Gasteiger partial charge in [0.15, 0.2) is 0 Å². The van der Waals surface area contributed by atoms with Gasteiger partial charge in [-0.1, -0.05) is 18.2 Å². The van der Waals surface area contributed by atoms with Crippen LogP contribution in [0.2, 0.25) is 0 Å². The van der Waals surface area contributed by atoms with E-state index in [0.717, 1.165) is 4.57 Å². The molecule has 6 N–H and O–H groups in total. The molecule has 0 aliphatic heterocycles. The van der Waals surface area contributed by atoms with Gasteiger partial charge in [0.25, 0.3) is 11.5 Å². The Kier molecular flexibility index (Phi) is 4.82. The van der Waals surface area contributed by atoms with Gasteiger partial charge in [-0.15, -0.1) is 0 Å². The van der Waals surface area contributed by atoms with E-state index in [1.165, 1.54) is 30.3 Å². The quantitative estimate of drug-likeness (QED) is 0.332. The molecule has 0 aliphatic rings. The highest BCUT2D eigenvalue weighted by atomic mass is 16.4. The summed E-state index contributed by atoms with van der Waals surface area (Å²) in [6.45, 7) is -0.681. The molecule has 3 aromatic rings. The smallest absolute Gasteiger partial charge is 0.323 e. The number of nitrogen functional groups attached to an aromatic ring is 1. The highest BCUT2D eigenvalue weighted by molar-refractivity contribution is 6.06. The first kappa shape index (κ1) is 18.6. The van der Waals surface area contributed by atoms with Crippen LogP contribution in [0.25, 0.3) is 10.8 Å². The summed E-state index contributed by atoms with van der Waals surface area (Å²) in [4.78, 5) is 35.2. The standard InChI is InChI=1S/C19H16N4O5/c20-17(21)10-1-3-11(4-2-10)18(27)22-13-6-5-12-7-15(24)23(9-16(25)26)19(28)14(12)8-13/h1-8,28H,9H2,(H3,20,21)(H,22,27)(H,25,26). The third-order valence-electron chi connectivity index (χ3n) is 4.10. The number of carboxylic acids is 1. The number of nitrogens with two attached hydrogens (primary N) is 1. The number of pyridine rings is 1. The number of aromatic nitrogens is 1. The van der Waals surface area contributed by atoms with Gasteiger partial charge in [0, 0.05) is 28.3 Å². The topological polar surface area (TPSA) is 158 Å². The summed E-state index contributed by atoms with van der Waals surface area (Å²) in [7, 11) is 0. The number of benzene rings is 2. The van der Waals surface area contributed by atoms with Gasteiger partial charge in [-0.25, -0.2) is 0 Å². The number of hydrogen-bond donors (Lipinski definition) is 5. The van der Waals surface area contributed by atoms with Gasteiger partial charge in [-0.05, 0) is 29.7 Å². The molecule has 0 fully saturated rings. The lowest BCUT2D eigenvalue weighted by atomic mass is 10.1. The van der Waals surface area contributed by atoms with Crippen LogP contribution in [0.3, 0.4) is 0 Å². The molecular formula is C19H16N4O5. The molecule has 2 aromatic carbocycles. The van der Waals surface area contributed by atoms with Crippen molar-refractivity contribution >= 4 is 34.2 Å². The van der Waals surface area contributed by atoms with E-state index in [9.17, 15) is 19.5 Å². The molecule has 0 saturated heterocycles. The summed E-state index contributed by atoms with van der Waals surface area (Å²) in [5.41, 5.74) is 5.92. The van der Waals surface area contributed by atoms with Crippen LogP contribution in [0, 0.1) is 5.41 Å². The molecule has 0 unspecified atom stereocenters. The summed E-state index contributed by atoms with van der Waals surface area (Å²) in [6, 6.07) is 11.9. The largest absolute Gasteiger partial charge is 0.494 e. The molecule has 142 valence electrons. The van der Waals surface area contributed by atoms with Gasteiger partial charge in [0.05, 0.1) is 0 Å². The third-order valence-corrected chi connectivity index (χ3v) is 4.10. The number of amides is 1. The van der Waals surface area contributed by atoms with Crippen LogP contribution in [-0.2, 0) is 11.3 Å². The Bertz CT molecular complexity index is 1170. The van der Waals surface area contributed by atoms with Crippen molar-refractivity contribution in [3.05, 3.63) is 70.0 Å². The number of hydrogen-bond acceptors (Lipinski definition) is 5. The fraction of sp³-hybridized carbons (Fsp3) is 0.0526. The number of carbonyl (C=O) groups excluding carboxylic acids is 1. The molecule has 0 spiro atoms. The summed E-state index contributed by atoms with van der Waals surface area (Å²) in [5, 5.41) is 29.8. The third kappa shape index (κ3) is 3.68. The Morgan fingerprint density at radius 3 is 2.32 bits per heavy atom. The lowest BCUT2D eigenvalue weighted by molar-refractivity contribution is -0.137. The van der Waals surface area contributed by atoms with Crippen molar-refractivity contribution in [1.29, 1.82) is 5.41 Å². The van der Waals surface area contributed by atoms with E-state index in [4.69, 9.17) is 16.2 Å². The fourth-order valence-corrected chi connectivity index (χ4v) is 2.71. The van der Waals surface area contributed by atoms with Crippen LogP contribution < -0.4 is 16.6 Å². The zero-order valence-electron chi connectivity index (χ0n) is 14.5. The second kappa shape index (κ2) is 7.23. The van der Waals surface area contributed by atoms with Crippen LogP contribution in [-0.4, -0.2) is 32.5 Å². The summed E-state index contributed by atoms with van der Waals surface area (Å²) in [5.74, 6) is -2.29. The van der Waals surface area contributed by atoms with Crippen LogP contribution >= 0.6 is 0 Å². The molecule has 28 heavy (non-hydrogen) atoms. The van der Waals surface area contributed by atoms with E-state index in [2.05, 4.69) is 5.32 Å². The summed E-state index contributed by atoms with van der Waals surface area (Å²) in [6.07, 6.45) is 0. The van der Waals surface area contributed by atoms with E-state index in [0.29, 0.717) is 22.2 Å². The van der Waals surface area contributed by atoms with Crippen LogP contribution in [0.4, 0.5) is 5.69 Å². The molecule has 0 saturated carbocycles. The van der Waals surface area contributed by atoms with Crippen molar-refractivity contribution in [3.8, 4) is 5.88 Å². The van der Waals surface area contributed by atoms with Crippen LogP contribution in [0.1, 0.15) is 15.9 Å². The normalized spacial score (nSPS) is 10.6. The first-order valence-electron chi connectivity index (χ1n) is 8.10. The summed E-state index contributed by atoms with van der Waals surface area (Å²) < 4.78 is 0.733. The summed E-state index contributed by atoms with van der Waals surface area (Å²) >= 11 is 0. The van der Waals surface area contributed by atoms with E-state index in [-0.39, 0.29) is 11.2 Å². The number of aliphatic carboxylic acids is 1. The molecule has 1 amide bonds. The van der Waals surface area contributed by atoms with Gasteiger partial charge in [0.2, 0.25) is 5.88 Å². The number of nitrogens with one attached hydrogen (secondary N) is 2. The highest BCUT2D eigenvalue weighted by Gasteiger charge is 2.13. The van der Waals surface area contributed by atoms with Gasteiger partial charge in [-0.3, -0.25) is 24.4 Å². The van der Waals surface area contributed by atoms with Crippen molar-refractivity contribution in [2.75, 3.05) is 5.32 Å². The van der Waals surface area contributed by atoms with E-state index < -0.39 is 29.9 Å². The Hall–Kier alpha value is -4.14. The minimum Gasteiger partial charge on any atom is -0.494 e. The average molecular weight is 380 g/mol. The van der Waals surface area contributed by atoms with Gasteiger partial charge < -0.3 is 21.3 Å². The number of amidine groups is 1. The maximum absolute atomic E-state index is 12.4. The Balaban J connectivity index is 1.93. The number of rotatable bonds is 5. The minimum absolute atomic E-state index is 0.107. The van der Waals surface area contributed by atoms with Crippen molar-refractivity contribution in [2.45, 2.75) is 6.54 Å². The number of aromatic hydroxyl groups is 1. The lowest BCUT2D eigenvalue weighted by Gasteiger charge is -2.11. The van der Waals surface area contributed by atoms with E-state index >= 15 is 0 Å². The molecule has 9 nitrogen and oxygen atoms in total. The molecule has 0 bridgehead atoms. The predicted molar refractivity (Wildman–Crippen MR) is 103 cm³/mol. The van der Waals surface area contributed by atoms with Crippen LogP contribution in [0.15, 0.2) is 53.3 Å². The molecule has 3 rings (SSSR count). The van der Waals surface area contributed by atoms with Gasteiger partial charge in [0.1, 0.15) is 12.4 Å². The SMILES string of the molecule is N=C(N)c1ccc(C(=O)Nc2ccc3cc(=O)n(CC(=O)O)c(O)c3c2)cc1. The number of anilines is 1. The fourth-order valence-electron chi connectivity index (χ4n) is 2.71. The van der Waals surface area contributed by atoms with Crippen molar-refractivity contribution in [3.63, 3.8) is 0 Å². The van der Waals surface area contributed by atoms with Gasteiger partial charge >= 0.3 is 5.97 Å². The maximum atomic E-state index is 12.4. The molecule has 0 aliphatic carbocycles. The molecule has 0 radical (unpaired) electrons. The number of carboxylic acid groups (broad SMARTS) is 1. The van der Waals surface area contributed by atoms with Crippen molar-refractivity contribution < 1.29 is 19.8 Å². The van der Waals surface area contributed by atoms with Crippen molar-refractivity contribution in [1.82, 2.24) is 4.57 Å². The number of fused-ring (bicyclic) bond motifs is 1. The second-order valence-electron chi connectivity index (χ2n) is 6.03. The highest BCUT2D eigenvalue weighted by Crippen LogP contribution is 2.26. The van der Waals surface area contributed by atoms with Crippen molar-refractivity contribution in [2.24, 2.45) is 5.73 Å². The first-order chi connectivity index (χ1) is 13.3. The Labute approximate surface area is 158 Å². The predicted octanol–water partition coefficient (Wildman–Crippen LogP) is 1.33. The maximum Gasteiger partial charge on any atom is 0.323 e. The molecule has 1 heterocycles. The minimum atomic E-state index is -1.27. The molecule has 9 heteroatoms. The molecule has 1 aromatic heterocycles. The number of nitrogens with zero attached hydrogens (tertiary/aromatic N) is 1. The second-order valence-corrected chi connectivity index (χ2v) is 6.03. The Morgan fingerprint density at radius 2 is 1.71 bits per heavy atom. The molecule has 0 atom stereocenters. The van der Waals surface area contributed by atoms with E-state index in [1.54, 1.807) is 18.2 Å². The Morgan fingerprint density at radius 1 is 1.07 bits per heavy atom. The van der Waals surface area contributed by atoms with Crippen LogP contribution in [0.5, 0.6) is 5.88 Å². The average Bonchev–Trinajstić information content (AvgIpc) is 2.65. The zero-order valence-corrected chi connectivity index (χ0v) is 14.5. The monoisotopic (exact) mass is 380 g/mol. The first-order valence-corrected chi connectivity index (χ1v) is 8.10. The zero-order chi connectivity index (χ0) is 20.4. The number of carbonyl (C=O) groups is 2. The lowest BCUT2D eigenvalue weighted by Crippen LogP contribution is -2.23.